The number of hydrogen-bond donors (Lipinski definition) is 1. The van der Waals surface area contributed by atoms with Gasteiger partial charge in [-0.15, -0.1) is 0 Å². The van der Waals surface area contributed by atoms with Crippen LogP contribution in [0.2, 0.25) is 0 Å². The van der Waals surface area contributed by atoms with Crippen LogP contribution >= 0.6 is 0 Å². The number of nitrogens with two attached hydrogens (primary N) is 1. The Morgan fingerprint density at radius 2 is 2.33 bits per heavy atom. The van der Waals surface area contributed by atoms with Crippen molar-refractivity contribution < 1.29 is 19.2 Å². The molecule has 0 aromatic heterocycles. The van der Waals surface area contributed by atoms with Crippen LogP contribution in [0.4, 0.5) is 0 Å². The number of esters is 1. The van der Waals surface area contributed by atoms with Gasteiger partial charge < -0.3 is 10.5 Å². The summed E-state index contributed by atoms with van der Waals surface area (Å²) in [4.78, 5) is 28.0. The molecule has 2 atom stereocenters. The van der Waals surface area contributed by atoms with Gasteiger partial charge in [-0.05, 0) is 12.8 Å². The molecule has 0 saturated carbocycles. The fourth-order valence-corrected chi connectivity index (χ4v) is 2.34. The number of amides is 1. The number of ether oxygens (including phenoxy) is 1. The number of hydroxylamine groups is 2. The van der Waals surface area contributed by atoms with Crippen LogP contribution in [0, 0.1) is 0 Å². The van der Waals surface area contributed by atoms with Gasteiger partial charge in [-0.3, -0.25) is 9.63 Å². The summed E-state index contributed by atoms with van der Waals surface area (Å²) in [5, 5.41) is 1.55. The van der Waals surface area contributed by atoms with E-state index >= 15 is 0 Å². The molecule has 6 nitrogen and oxygen atoms in total. The van der Waals surface area contributed by atoms with E-state index in [1.165, 1.54) is 7.11 Å². The minimum absolute atomic E-state index is 0.301. The highest BCUT2D eigenvalue weighted by Gasteiger charge is 2.57. The van der Waals surface area contributed by atoms with E-state index in [-0.39, 0.29) is 5.97 Å². The molecule has 0 radical (unpaired) electrons. The lowest BCUT2D eigenvalue weighted by molar-refractivity contribution is -0.191. The van der Waals surface area contributed by atoms with Crippen LogP contribution in [-0.4, -0.2) is 42.2 Å². The van der Waals surface area contributed by atoms with Crippen molar-refractivity contribution in [2.45, 2.75) is 30.9 Å². The Hall–Kier alpha value is -1.14. The Morgan fingerprint density at radius 3 is 2.93 bits per heavy atom. The number of methoxy groups -OCH3 is 1. The van der Waals surface area contributed by atoms with Gasteiger partial charge in [0.25, 0.3) is 0 Å². The molecule has 0 bridgehead atoms. The zero-order valence-corrected chi connectivity index (χ0v) is 8.56. The second kappa shape index (κ2) is 3.46. The number of carbonyl (C=O) groups excluding carboxylic acids is 2. The molecule has 2 saturated heterocycles. The molecule has 6 heteroatoms. The van der Waals surface area contributed by atoms with Gasteiger partial charge >= 0.3 is 5.97 Å². The van der Waals surface area contributed by atoms with Crippen molar-refractivity contribution in [2.75, 3.05) is 13.7 Å². The quantitative estimate of drug-likeness (QED) is 0.607. The van der Waals surface area contributed by atoms with Gasteiger partial charge in [-0.2, -0.15) is 5.06 Å². The lowest BCUT2D eigenvalue weighted by atomic mass is 9.91. The second-order valence-corrected chi connectivity index (χ2v) is 3.93. The summed E-state index contributed by atoms with van der Waals surface area (Å²) >= 11 is 0. The minimum Gasteiger partial charge on any atom is -0.468 e. The number of fused-ring (bicyclic) bond motifs is 1. The van der Waals surface area contributed by atoms with E-state index in [9.17, 15) is 9.59 Å². The Morgan fingerprint density at radius 1 is 1.60 bits per heavy atom. The molecule has 2 fully saturated rings. The van der Waals surface area contributed by atoms with Gasteiger partial charge in [0, 0.05) is 13.0 Å². The molecule has 84 valence electrons. The first-order valence-corrected chi connectivity index (χ1v) is 4.92. The molecule has 15 heavy (non-hydrogen) atoms. The lowest BCUT2D eigenvalue weighted by Crippen LogP contribution is -2.46. The maximum Gasteiger partial charge on any atom is 0.328 e. The van der Waals surface area contributed by atoms with Crippen LogP contribution < -0.4 is 5.73 Å². The fourth-order valence-electron chi connectivity index (χ4n) is 2.34. The molecule has 2 rings (SSSR count). The number of rotatable bonds is 2. The van der Waals surface area contributed by atoms with Gasteiger partial charge in [-0.1, -0.05) is 0 Å². The summed E-state index contributed by atoms with van der Waals surface area (Å²) in [6.45, 7) is 0.638. The molecular weight excluding hydrogens is 200 g/mol. The van der Waals surface area contributed by atoms with Gasteiger partial charge in [0.1, 0.15) is 5.54 Å². The predicted octanol–water partition coefficient (Wildman–Crippen LogP) is -0.817. The van der Waals surface area contributed by atoms with Crippen LogP contribution in [0.25, 0.3) is 0 Å². The maximum atomic E-state index is 11.7. The third kappa shape index (κ3) is 1.40. The largest absolute Gasteiger partial charge is 0.468 e. The van der Waals surface area contributed by atoms with Gasteiger partial charge in [0.15, 0.2) is 6.10 Å². The van der Waals surface area contributed by atoms with E-state index in [1.54, 1.807) is 5.06 Å². The summed E-state index contributed by atoms with van der Waals surface area (Å²) in [5.41, 5.74) is 4.38. The van der Waals surface area contributed by atoms with Crippen LogP contribution in [-0.2, 0) is 19.2 Å². The second-order valence-electron chi connectivity index (χ2n) is 3.93. The summed E-state index contributed by atoms with van der Waals surface area (Å²) < 4.78 is 4.75. The Bertz CT molecular complexity index is 306. The zero-order chi connectivity index (χ0) is 11.1. The Kier molecular flexibility index (Phi) is 2.40. The first-order valence-electron chi connectivity index (χ1n) is 4.92. The SMILES string of the molecule is COC(=O)[C@@]12CCCN1O[C@@H](C(N)=O)C2. The number of hydrogen-bond acceptors (Lipinski definition) is 5. The molecule has 0 unspecified atom stereocenters. The molecule has 1 amide bonds. The molecule has 0 spiro atoms. The minimum atomic E-state index is -0.783. The van der Waals surface area contributed by atoms with Gasteiger partial charge in [0.2, 0.25) is 5.91 Å². The monoisotopic (exact) mass is 214 g/mol. The number of primary amides is 1. The Labute approximate surface area is 87.3 Å². The molecule has 0 aromatic carbocycles. The fraction of sp³-hybridized carbons (Fsp3) is 0.778. The lowest BCUT2D eigenvalue weighted by Gasteiger charge is -2.25. The van der Waals surface area contributed by atoms with Crippen LogP contribution in [0.3, 0.4) is 0 Å². The summed E-state index contributed by atoms with van der Waals surface area (Å²) in [5.74, 6) is -0.878. The summed E-state index contributed by atoms with van der Waals surface area (Å²) in [6, 6.07) is 0. The topological polar surface area (TPSA) is 81.9 Å². The first-order chi connectivity index (χ1) is 7.10. The van der Waals surface area contributed by atoms with E-state index in [0.717, 1.165) is 6.42 Å². The third-order valence-electron chi connectivity index (χ3n) is 3.09. The van der Waals surface area contributed by atoms with Gasteiger partial charge in [-0.25, -0.2) is 4.79 Å². The summed E-state index contributed by atoms with van der Waals surface area (Å²) in [6.07, 6.45) is 1.11. The van der Waals surface area contributed by atoms with Crippen LogP contribution in [0.5, 0.6) is 0 Å². The highest BCUT2D eigenvalue weighted by atomic mass is 16.7. The molecule has 0 aliphatic carbocycles. The zero-order valence-electron chi connectivity index (χ0n) is 8.56. The number of nitrogens with zero attached hydrogens (tertiary/aromatic N) is 1. The van der Waals surface area contributed by atoms with Crippen molar-refractivity contribution in [3.8, 4) is 0 Å². The Balaban J connectivity index is 2.22. The van der Waals surface area contributed by atoms with Crippen LogP contribution in [0.15, 0.2) is 0 Å². The highest BCUT2D eigenvalue weighted by Crippen LogP contribution is 2.41. The van der Waals surface area contributed by atoms with E-state index in [1.807, 2.05) is 0 Å². The normalized spacial score (nSPS) is 35.1. The average Bonchev–Trinajstić information content (AvgIpc) is 2.72. The van der Waals surface area contributed by atoms with Crippen molar-refractivity contribution in [3.63, 3.8) is 0 Å². The van der Waals surface area contributed by atoms with E-state index in [0.29, 0.717) is 19.4 Å². The van der Waals surface area contributed by atoms with Crippen molar-refractivity contribution in [1.29, 1.82) is 0 Å². The van der Waals surface area contributed by atoms with Crippen molar-refractivity contribution in [2.24, 2.45) is 5.73 Å². The smallest absolute Gasteiger partial charge is 0.328 e. The molecule has 2 heterocycles. The van der Waals surface area contributed by atoms with Crippen molar-refractivity contribution in [3.05, 3.63) is 0 Å². The molecule has 0 aromatic rings. The molecule has 2 aliphatic rings. The predicted molar refractivity (Wildman–Crippen MR) is 49.4 cm³/mol. The van der Waals surface area contributed by atoms with Gasteiger partial charge in [0.05, 0.1) is 7.11 Å². The van der Waals surface area contributed by atoms with E-state index in [4.69, 9.17) is 15.3 Å². The van der Waals surface area contributed by atoms with Crippen molar-refractivity contribution in [1.82, 2.24) is 5.06 Å². The van der Waals surface area contributed by atoms with Crippen molar-refractivity contribution >= 4 is 11.9 Å². The molecule has 2 aliphatic heterocycles. The standard InChI is InChI=1S/C9H14N2O4/c1-14-8(13)9-3-2-4-11(9)15-6(5-9)7(10)12/h6H,2-5H2,1H3,(H2,10,12)/t6-,9+/m1/s1. The third-order valence-corrected chi connectivity index (χ3v) is 3.09. The first kappa shape index (κ1) is 10.4. The molecule has 2 N–H and O–H groups in total. The maximum absolute atomic E-state index is 11.7. The van der Waals surface area contributed by atoms with Crippen LogP contribution in [0.1, 0.15) is 19.3 Å². The average molecular weight is 214 g/mol. The highest BCUT2D eigenvalue weighted by molar-refractivity contribution is 5.85. The van der Waals surface area contributed by atoms with E-state index in [2.05, 4.69) is 0 Å². The van der Waals surface area contributed by atoms with E-state index < -0.39 is 17.6 Å². The molecular formula is C9H14N2O4. The summed E-state index contributed by atoms with van der Waals surface area (Å²) in [7, 11) is 1.34. The number of carbonyl (C=O) groups is 2.